The van der Waals surface area contributed by atoms with Crippen LogP contribution in [-0.2, 0) is 16.1 Å². The standard InChI is InChI=1S/C18H20F3N3O2/c19-15-9-13(10-22)1-2-14(15)11-23-7-8-26-16(12-23)17(25)24-5-3-18(20,21)4-6-24/h1-2,9,16H,3-8,11-12H2. The Morgan fingerprint density at radius 1 is 1.31 bits per heavy atom. The second-order valence-electron chi connectivity index (χ2n) is 6.69. The first-order valence-electron chi connectivity index (χ1n) is 8.57. The molecule has 3 rings (SSSR count). The fourth-order valence-electron chi connectivity index (χ4n) is 3.24. The molecule has 0 saturated carbocycles. The van der Waals surface area contributed by atoms with Crippen LogP contribution in [0.2, 0.25) is 0 Å². The van der Waals surface area contributed by atoms with Crippen molar-refractivity contribution < 1.29 is 22.7 Å². The van der Waals surface area contributed by atoms with Crippen molar-refractivity contribution in [1.82, 2.24) is 9.80 Å². The second-order valence-corrected chi connectivity index (χ2v) is 6.69. The molecule has 5 nitrogen and oxygen atoms in total. The van der Waals surface area contributed by atoms with Crippen LogP contribution in [-0.4, -0.2) is 60.5 Å². The normalized spacial score (nSPS) is 23.5. The lowest BCUT2D eigenvalue weighted by Gasteiger charge is -2.37. The average molecular weight is 367 g/mol. The lowest BCUT2D eigenvalue weighted by Crippen LogP contribution is -2.53. The number of alkyl halides is 2. The van der Waals surface area contributed by atoms with E-state index in [1.54, 1.807) is 12.1 Å². The van der Waals surface area contributed by atoms with Crippen LogP contribution in [0.3, 0.4) is 0 Å². The fraction of sp³-hybridized carbons (Fsp3) is 0.556. The molecular weight excluding hydrogens is 347 g/mol. The first-order valence-corrected chi connectivity index (χ1v) is 8.57. The highest BCUT2D eigenvalue weighted by atomic mass is 19.3. The summed E-state index contributed by atoms with van der Waals surface area (Å²) in [7, 11) is 0. The monoisotopic (exact) mass is 367 g/mol. The van der Waals surface area contributed by atoms with Crippen molar-refractivity contribution in [2.24, 2.45) is 0 Å². The number of ether oxygens (including phenoxy) is 1. The minimum absolute atomic E-state index is 0.0238. The zero-order valence-electron chi connectivity index (χ0n) is 14.3. The van der Waals surface area contributed by atoms with Crippen molar-refractivity contribution in [3.05, 3.63) is 35.1 Å². The van der Waals surface area contributed by atoms with Crippen molar-refractivity contribution in [1.29, 1.82) is 5.26 Å². The van der Waals surface area contributed by atoms with Gasteiger partial charge in [0.1, 0.15) is 11.9 Å². The van der Waals surface area contributed by atoms with Crippen LogP contribution < -0.4 is 0 Å². The number of carbonyl (C=O) groups excluding carboxylic acids is 1. The van der Waals surface area contributed by atoms with Gasteiger partial charge in [-0.2, -0.15) is 5.26 Å². The number of nitriles is 1. The molecule has 26 heavy (non-hydrogen) atoms. The minimum atomic E-state index is -2.71. The SMILES string of the molecule is N#Cc1ccc(CN2CCOC(C(=O)N3CCC(F)(F)CC3)C2)c(F)c1. The Kier molecular flexibility index (Phi) is 5.49. The molecule has 0 bridgehead atoms. The van der Waals surface area contributed by atoms with E-state index in [4.69, 9.17) is 10.00 Å². The Bertz CT molecular complexity index is 710. The molecule has 140 valence electrons. The summed E-state index contributed by atoms with van der Waals surface area (Å²) in [6, 6.07) is 6.19. The summed E-state index contributed by atoms with van der Waals surface area (Å²) in [5.41, 5.74) is 0.692. The second kappa shape index (κ2) is 7.64. The number of morpholine rings is 1. The molecule has 2 saturated heterocycles. The molecule has 1 amide bonds. The fourth-order valence-corrected chi connectivity index (χ4v) is 3.24. The summed E-state index contributed by atoms with van der Waals surface area (Å²) in [5, 5.41) is 8.79. The number of amides is 1. The summed E-state index contributed by atoms with van der Waals surface area (Å²) in [6.45, 7) is 1.49. The van der Waals surface area contributed by atoms with Gasteiger partial charge in [-0.1, -0.05) is 6.07 Å². The predicted molar refractivity (Wildman–Crippen MR) is 86.9 cm³/mol. The number of halogens is 3. The maximum Gasteiger partial charge on any atom is 0.253 e. The Hall–Kier alpha value is -2.11. The topological polar surface area (TPSA) is 56.6 Å². The predicted octanol–water partition coefficient (Wildman–Crippen LogP) is 2.16. The molecule has 2 heterocycles. The summed E-state index contributed by atoms with van der Waals surface area (Å²) < 4.78 is 46.1. The molecule has 1 aromatic rings. The molecule has 2 aliphatic heterocycles. The Balaban J connectivity index is 1.59. The van der Waals surface area contributed by atoms with E-state index in [-0.39, 0.29) is 43.9 Å². The molecule has 2 aliphatic rings. The number of rotatable bonds is 3. The van der Waals surface area contributed by atoms with Crippen molar-refractivity contribution in [2.75, 3.05) is 32.8 Å². The molecular formula is C18H20F3N3O2. The molecule has 1 unspecified atom stereocenters. The van der Waals surface area contributed by atoms with Crippen molar-refractivity contribution in [3.8, 4) is 6.07 Å². The molecule has 1 atom stereocenters. The first-order chi connectivity index (χ1) is 12.4. The molecule has 0 radical (unpaired) electrons. The average Bonchev–Trinajstić information content (AvgIpc) is 2.63. The zero-order chi connectivity index (χ0) is 18.7. The number of nitrogens with zero attached hydrogens (tertiary/aromatic N) is 3. The van der Waals surface area contributed by atoms with Gasteiger partial charge in [-0.15, -0.1) is 0 Å². The van der Waals surface area contributed by atoms with Crippen LogP contribution in [0.25, 0.3) is 0 Å². The Morgan fingerprint density at radius 2 is 2.04 bits per heavy atom. The molecule has 8 heteroatoms. The molecule has 0 aliphatic carbocycles. The van der Waals surface area contributed by atoms with Crippen molar-refractivity contribution in [3.63, 3.8) is 0 Å². The van der Waals surface area contributed by atoms with Gasteiger partial charge in [-0.3, -0.25) is 9.69 Å². The number of piperidine rings is 1. The van der Waals surface area contributed by atoms with Gasteiger partial charge >= 0.3 is 0 Å². The molecule has 0 spiro atoms. The van der Waals surface area contributed by atoms with Gasteiger partial charge in [0.15, 0.2) is 0 Å². The largest absolute Gasteiger partial charge is 0.366 e. The highest BCUT2D eigenvalue weighted by Gasteiger charge is 2.38. The van der Waals surface area contributed by atoms with Crippen LogP contribution in [0.4, 0.5) is 13.2 Å². The maximum atomic E-state index is 14.1. The lowest BCUT2D eigenvalue weighted by atomic mass is 10.1. The highest BCUT2D eigenvalue weighted by molar-refractivity contribution is 5.81. The summed E-state index contributed by atoms with van der Waals surface area (Å²) in [6.07, 6.45) is -1.38. The summed E-state index contributed by atoms with van der Waals surface area (Å²) in [4.78, 5) is 15.9. The molecule has 2 fully saturated rings. The van der Waals surface area contributed by atoms with E-state index in [0.29, 0.717) is 25.3 Å². The van der Waals surface area contributed by atoms with E-state index in [0.717, 1.165) is 0 Å². The summed E-state index contributed by atoms with van der Waals surface area (Å²) in [5.74, 6) is -3.45. The van der Waals surface area contributed by atoms with E-state index in [1.165, 1.54) is 11.0 Å². The summed E-state index contributed by atoms with van der Waals surface area (Å²) >= 11 is 0. The van der Waals surface area contributed by atoms with Gasteiger partial charge in [0.05, 0.1) is 18.2 Å². The van der Waals surface area contributed by atoms with Gasteiger partial charge in [-0.05, 0) is 12.1 Å². The van der Waals surface area contributed by atoms with E-state index >= 15 is 0 Å². The molecule has 0 N–H and O–H groups in total. The van der Waals surface area contributed by atoms with Gasteiger partial charge in [0, 0.05) is 51.1 Å². The zero-order valence-corrected chi connectivity index (χ0v) is 14.3. The van der Waals surface area contributed by atoms with E-state index in [9.17, 15) is 18.0 Å². The van der Waals surface area contributed by atoms with Crippen LogP contribution in [0.5, 0.6) is 0 Å². The maximum absolute atomic E-state index is 14.1. The van der Waals surface area contributed by atoms with E-state index in [1.807, 2.05) is 11.0 Å². The number of hydrogen-bond donors (Lipinski definition) is 0. The Labute approximate surface area is 149 Å². The van der Waals surface area contributed by atoms with E-state index in [2.05, 4.69) is 0 Å². The van der Waals surface area contributed by atoms with E-state index < -0.39 is 17.8 Å². The number of benzene rings is 1. The first kappa shape index (κ1) is 18.7. The third kappa shape index (κ3) is 4.34. The third-order valence-corrected chi connectivity index (χ3v) is 4.81. The van der Waals surface area contributed by atoms with Gasteiger partial charge in [0.2, 0.25) is 0 Å². The van der Waals surface area contributed by atoms with Crippen molar-refractivity contribution >= 4 is 5.91 Å². The quantitative estimate of drug-likeness (QED) is 0.822. The molecule has 1 aromatic carbocycles. The van der Waals surface area contributed by atoms with Gasteiger partial charge in [-0.25, -0.2) is 13.2 Å². The number of carbonyl (C=O) groups is 1. The lowest BCUT2D eigenvalue weighted by molar-refractivity contribution is -0.155. The highest BCUT2D eigenvalue weighted by Crippen LogP contribution is 2.28. The van der Waals surface area contributed by atoms with Gasteiger partial charge < -0.3 is 9.64 Å². The van der Waals surface area contributed by atoms with Crippen LogP contribution >= 0.6 is 0 Å². The minimum Gasteiger partial charge on any atom is -0.366 e. The van der Waals surface area contributed by atoms with Crippen molar-refractivity contribution in [2.45, 2.75) is 31.4 Å². The molecule has 0 aromatic heterocycles. The van der Waals surface area contributed by atoms with Gasteiger partial charge in [0.25, 0.3) is 11.8 Å². The Morgan fingerprint density at radius 3 is 2.69 bits per heavy atom. The van der Waals surface area contributed by atoms with Crippen LogP contribution in [0, 0.1) is 17.1 Å². The number of hydrogen-bond acceptors (Lipinski definition) is 4. The smallest absolute Gasteiger partial charge is 0.253 e. The van der Waals surface area contributed by atoms with Crippen LogP contribution in [0.1, 0.15) is 24.0 Å². The third-order valence-electron chi connectivity index (χ3n) is 4.81. The van der Waals surface area contributed by atoms with Crippen LogP contribution in [0.15, 0.2) is 18.2 Å². The number of likely N-dealkylation sites (tertiary alicyclic amines) is 1.